The standard InChI is InChI=1S/C21H22FN3O4S/c22-18-9-8-15(12-19(18)30(28,29)25-10-1-2-11-25)21(27)24-17-5-3-4-16(13-17)23-20(26)14-6-7-14/h3-5,8-9,12-14H,1-2,6-7,10-11H2,(H,23,26)(H,24,27). The number of nitrogens with one attached hydrogen (secondary N) is 2. The lowest BCUT2D eigenvalue weighted by atomic mass is 10.2. The highest BCUT2D eigenvalue weighted by molar-refractivity contribution is 7.89. The molecule has 0 radical (unpaired) electrons. The van der Waals surface area contributed by atoms with E-state index in [2.05, 4.69) is 10.6 Å². The van der Waals surface area contributed by atoms with Crippen molar-refractivity contribution in [3.8, 4) is 0 Å². The van der Waals surface area contributed by atoms with Gasteiger partial charge in [0.15, 0.2) is 0 Å². The number of nitrogens with zero attached hydrogens (tertiary/aromatic N) is 1. The molecule has 158 valence electrons. The summed E-state index contributed by atoms with van der Waals surface area (Å²) >= 11 is 0. The molecule has 1 saturated heterocycles. The maximum Gasteiger partial charge on any atom is 0.255 e. The molecule has 0 aromatic heterocycles. The minimum Gasteiger partial charge on any atom is -0.326 e. The quantitative estimate of drug-likeness (QED) is 0.734. The third-order valence-electron chi connectivity index (χ3n) is 5.21. The zero-order valence-electron chi connectivity index (χ0n) is 16.2. The Labute approximate surface area is 174 Å². The summed E-state index contributed by atoms with van der Waals surface area (Å²) in [7, 11) is -3.99. The highest BCUT2D eigenvalue weighted by Crippen LogP contribution is 2.30. The highest BCUT2D eigenvalue weighted by Gasteiger charge is 2.31. The minimum atomic E-state index is -3.99. The number of anilines is 2. The van der Waals surface area contributed by atoms with Crippen molar-refractivity contribution in [1.82, 2.24) is 4.31 Å². The summed E-state index contributed by atoms with van der Waals surface area (Å²) in [4.78, 5) is 24.1. The van der Waals surface area contributed by atoms with E-state index in [4.69, 9.17) is 0 Å². The molecule has 9 heteroatoms. The van der Waals surface area contributed by atoms with Gasteiger partial charge in [0.1, 0.15) is 10.7 Å². The third kappa shape index (κ3) is 4.36. The maximum atomic E-state index is 14.3. The number of carbonyl (C=O) groups is 2. The molecule has 1 saturated carbocycles. The van der Waals surface area contributed by atoms with Crippen molar-refractivity contribution in [2.45, 2.75) is 30.6 Å². The number of hydrogen-bond acceptors (Lipinski definition) is 4. The second kappa shape index (κ2) is 8.16. The van der Waals surface area contributed by atoms with E-state index < -0.39 is 26.6 Å². The first-order valence-corrected chi connectivity index (χ1v) is 11.3. The molecule has 1 heterocycles. The Bertz CT molecular complexity index is 1090. The highest BCUT2D eigenvalue weighted by atomic mass is 32.2. The van der Waals surface area contributed by atoms with E-state index in [9.17, 15) is 22.4 Å². The van der Waals surface area contributed by atoms with Crippen LogP contribution in [0.3, 0.4) is 0 Å². The van der Waals surface area contributed by atoms with Crippen LogP contribution >= 0.6 is 0 Å². The Morgan fingerprint density at radius 2 is 1.63 bits per heavy atom. The zero-order valence-corrected chi connectivity index (χ0v) is 17.0. The number of rotatable bonds is 6. The summed E-state index contributed by atoms with van der Waals surface area (Å²) in [6, 6.07) is 9.97. The molecule has 1 aliphatic carbocycles. The molecule has 1 aliphatic heterocycles. The topological polar surface area (TPSA) is 95.6 Å². The first kappa shape index (κ1) is 20.5. The second-order valence-corrected chi connectivity index (χ2v) is 9.46. The fraction of sp³-hybridized carbons (Fsp3) is 0.333. The van der Waals surface area contributed by atoms with Crippen LogP contribution in [-0.2, 0) is 14.8 Å². The van der Waals surface area contributed by atoms with Gasteiger partial charge in [-0.2, -0.15) is 4.31 Å². The van der Waals surface area contributed by atoms with E-state index in [0.717, 1.165) is 37.8 Å². The third-order valence-corrected chi connectivity index (χ3v) is 7.13. The van der Waals surface area contributed by atoms with Crippen molar-refractivity contribution in [3.63, 3.8) is 0 Å². The molecule has 2 aromatic rings. The fourth-order valence-electron chi connectivity index (χ4n) is 3.38. The van der Waals surface area contributed by atoms with Gasteiger partial charge in [-0.05, 0) is 62.1 Å². The largest absolute Gasteiger partial charge is 0.326 e. The average molecular weight is 431 g/mol. The van der Waals surface area contributed by atoms with E-state index >= 15 is 0 Å². The molecule has 0 spiro atoms. The van der Waals surface area contributed by atoms with Crippen molar-refractivity contribution in [3.05, 3.63) is 53.8 Å². The van der Waals surface area contributed by atoms with Crippen LogP contribution in [0.15, 0.2) is 47.4 Å². The SMILES string of the molecule is O=C(Nc1cccc(NC(=O)C2CC2)c1)c1ccc(F)c(S(=O)(=O)N2CCCC2)c1. The van der Waals surface area contributed by atoms with Gasteiger partial charge in [0.25, 0.3) is 5.91 Å². The molecule has 0 atom stereocenters. The summed E-state index contributed by atoms with van der Waals surface area (Å²) in [5.41, 5.74) is 1.02. The Hall–Kier alpha value is -2.78. The summed E-state index contributed by atoms with van der Waals surface area (Å²) in [6.07, 6.45) is 3.23. The molecule has 7 nitrogen and oxygen atoms in total. The zero-order chi connectivity index (χ0) is 21.3. The number of benzene rings is 2. The summed E-state index contributed by atoms with van der Waals surface area (Å²) < 4.78 is 40.9. The number of sulfonamides is 1. The number of hydrogen-bond donors (Lipinski definition) is 2. The van der Waals surface area contributed by atoms with Gasteiger partial charge in [-0.25, -0.2) is 12.8 Å². The fourth-order valence-corrected chi connectivity index (χ4v) is 4.99. The van der Waals surface area contributed by atoms with Crippen LogP contribution in [0.25, 0.3) is 0 Å². The van der Waals surface area contributed by atoms with Crippen LogP contribution in [0.1, 0.15) is 36.0 Å². The molecule has 2 amide bonds. The lowest BCUT2D eigenvalue weighted by molar-refractivity contribution is -0.117. The van der Waals surface area contributed by atoms with Gasteiger partial charge < -0.3 is 10.6 Å². The molecule has 2 aromatic carbocycles. The van der Waals surface area contributed by atoms with Gasteiger partial charge in [0, 0.05) is 35.9 Å². The monoisotopic (exact) mass is 431 g/mol. The lowest BCUT2D eigenvalue weighted by Crippen LogP contribution is -2.29. The van der Waals surface area contributed by atoms with Crippen molar-refractivity contribution in [1.29, 1.82) is 0 Å². The normalized spacial score (nSPS) is 17.0. The molecule has 2 fully saturated rings. The Balaban J connectivity index is 1.52. The molecule has 0 unspecified atom stereocenters. The number of carbonyl (C=O) groups excluding carboxylic acids is 2. The number of amides is 2. The molecule has 0 bridgehead atoms. The first-order chi connectivity index (χ1) is 14.3. The average Bonchev–Trinajstić information content (AvgIpc) is 3.42. The van der Waals surface area contributed by atoms with Crippen LogP contribution in [0, 0.1) is 11.7 Å². The molecule has 30 heavy (non-hydrogen) atoms. The molecular formula is C21H22FN3O4S. The summed E-state index contributed by atoms with van der Waals surface area (Å²) in [5.74, 6) is -1.45. The molecule has 4 rings (SSSR count). The van der Waals surface area contributed by atoms with Crippen molar-refractivity contribution < 1.29 is 22.4 Å². The van der Waals surface area contributed by atoms with Crippen molar-refractivity contribution in [2.75, 3.05) is 23.7 Å². The van der Waals surface area contributed by atoms with E-state index in [1.807, 2.05) is 0 Å². The van der Waals surface area contributed by atoms with Crippen LogP contribution in [-0.4, -0.2) is 37.6 Å². The Kier molecular flexibility index (Phi) is 5.57. The second-order valence-electron chi connectivity index (χ2n) is 7.55. The predicted octanol–water partition coefficient (Wildman–Crippen LogP) is 3.21. The van der Waals surface area contributed by atoms with E-state index in [1.165, 1.54) is 10.4 Å². The number of halogens is 1. The van der Waals surface area contributed by atoms with Crippen LogP contribution in [0.5, 0.6) is 0 Å². The van der Waals surface area contributed by atoms with E-state index in [0.29, 0.717) is 24.5 Å². The van der Waals surface area contributed by atoms with Crippen LogP contribution in [0.4, 0.5) is 15.8 Å². The molecule has 2 aliphatic rings. The maximum absolute atomic E-state index is 14.3. The summed E-state index contributed by atoms with van der Waals surface area (Å²) in [5, 5.41) is 5.46. The van der Waals surface area contributed by atoms with Crippen molar-refractivity contribution >= 4 is 33.2 Å². The van der Waals surface area contributed by atoms with Crippen molar-refractivity contribution in [2.24, 2.45) is 5.92 Å². The Morgan fingerprint density at radius 1 is 0.967 bits per heavy atom. The predicted molar refractivity (Wildman–Crippen MR) is 110 cm³/mol. The van der Waals surface area contributed by atoms with Gasteiger partial charge >= 0.3 is 0 Å². The smallest absolute Gasteiger partial charge is 0.255 e. The molecule has 2 N–H and O–H groups in total. The van der Waals surface area contributed by atoms with Gasteiger partial charge in [-0.1, -0.05) is 6.07 Å². The first-order valence-electron chi connectivity index (χ1n) is 9.86. The van der Waals surface area contributed by atoms with E-state index in [-0.39, 0.29) is 17.4 Å². The van der Waals surface area contributed by atoms with Gasteiger partial charge in [0.2, 0.25) is 15.9 Å². The minimum absolute atomic E-state index is 0.0293. The van der Waals surface area contributed by atoms with E-state index in [1.54, 1.807) is 24.3 Å². The lowest BCUT2D eigenvalue weighted by Gasteiger charge is -2.16. The van der Waals surface area contributed by atoms with Gasteiger partial charge in [-0.3, -0.25) is 9.59 Å². The molecular weight excluding hydrogens is 409 g/mol. The van der Waals surface area contributed by atoms with Gasteiger partial charge in [0.05, 0.1) is 0 Å². The Morgan fingerprint density at radius 3 is 2.30 bits per heavy atom. The summed E-state index contributed by atoms with van der Waals surface area (Å²) in [6.45, 7) is 0.690. The van der Waals surface area contributed by atoms with Crippen LogP contribution in [0.2, 0.25) is 0 Å². The van der Waals surface area contributed by atoms with Crippen LogP contribution < -0.4 is 10.6 Å². The van der Waals surface area contributed by atoms with Gasteiger partial charge in [-0.15, -0.1) is 0 Å².